The molecular weight excluding hydrogens is 256 g/mol. The fraction of sp³-hybridized carbons (Fsp3) is 0.571. The summed E-state index contributed by atoms with van der Waals surface area (Å²) in [6.07, 6.45) is 2.67. The molecule has 112 valence electrons. The van der Waals surface area contributed by atoms with Gasteiger partial charge < -0.3 is 16.8 Å². The molecule has 6 nitrogen and oxygen atoms in total. The molecule has 0 bridgehead atoms. The summed E-state index contributed by atoms with van der Waals surface area (Å²) >= 11 is 0. The van der Waals surface area contributed by atoms with E-state index in [2.05, 4.69) is 12.2 Å². The van der Waals surface area contributed by atoms with Crippen LogP contribution in [0.4, 0.5) is 5.69 Å². The Morgan fingerprint density at radius 2 is 2.00 bits per heavy atom. The molecule has 20 heavy (non-hydrogen) atoms. The van der Waals surface area contributed by atoms with Gasteiger partial charge in [0.2, 0.25) is 0 Å². The van der Waals surface area contributed by atoms with Crippen LogP contribution < -0.4 is 16.8 Å². The van der Waals surface area contributed by atoms with Crippen molar-refractivity contribution in [3.63, 3.8) is 0 Å². The molecule has 2 atom stereocenters. The van der Waals surface area contributed by atoms with Crippen molar-refractivity contribution >= 4 is 5.69 Å². The highest BCUT2D eigenvalue weighted by Gasteiger charge is 2.10. The topological polar surface area (TPSA) is 107 Å². The molecule has 0 saturated heterocycles. The molecule has 0 heterocycles. The summed E-state index contributed by atoms with van der Waals surface area (Å²) in [6, 6.07) is 6.94. The average molecular weight is 280 g/mol. The lowest BCUT2D eigenvalue weighted by atomic mass is 10.1. The Kier molecular flexibility index (Phi) is 7.14. The number of benzene rings is 1. The molecule has 2 unspecified atom stereocenters. The third-order valence-electron chi connectivity index (χ3n) is 3.32. The van der Waals surface area contributed by atoms with Gasteiger partial charge in [0, 0.05) is 30.8 Å². The summed E-state index contributed by atoms with van der Waals surface area (Å²) in [5.74, 6) is 0. The van der Waals surface area contributed by atoms with Gasteiger partial charge >= 0.3 is 0 Å². The molecule has 0 aliphatic carbocycles. The number of nitro groups is 1. The molecule has 6 heteroatoms. The predicted molar refractivity (Wildman–Crippen MR) is 80.5 cm³/mol. The van der Waals surface area contributed by atoms with Gasteiger partial charge in [-0.05, 0) is 31.4 Å². The van der Waals surface area contributed by atoms with Crippen molar-refractivity contribution in [3.05, 3.63) is 39.9 Å². The molecule has 1 rings (SSSR count). The number of hydrogen-bond donors (Lipinski definition) is 3. The van der Waals surface area contributed by atoms with Crippen molar-refractivity contribution in [1.82, 2.24) is 5.32 Å². The first-order chi connectivity index (χ1) is 9.56. The zero-order valence-corrected chi connectivity index (χ0v) is 11.9. The first-order valence-corrected chi connectivity index (χ1v) is 6.99. The highest BCUT2D eigenvalue weighted by Crippen LogP contribution is 2.12. The maximum absolute atomic E-state index is 10.6. The molecular formula is C14H24N4O2. The van der Waals surface area contributed by atoms with Crippen LogP contribution in [0, 0.1) is 10.1 Å². The first-order valence-electron chi connectivity index (χ1n) is 6.99. The van der Waals surface area contributed by atoms with Crippen molar-refractivity contribution < 1.29 is 4.92 Å². The largest absolute Gasteiger partial charge is 0.330 e. The van der Waals surface area contributed by atoms with E-state index in [9.17, 15) is 10.1 Å². The molecule has 0 saturated carbocycles. The number of hydrogen-bond acceptors (Lipinski definition) is 5. The van der Waals surface area contributed by atoms with Gasteiger partial charge in [-0.1, -0.05) is 19.1 Å². The van der Waals surface area contributed by atoms with Crippen LogP contribution in [-0.4, -0.2) is 30.1 Å². The van der Waals surface area contributed by atoms with Crippen LogP contribution in [0.2, 0.25) is 0 Å². The summed E-state index contributed by atoms with van der Waals surface area (Å²) in [6.45, 7) is 3.51. The van der Waals surface area contributed by atoms with E-state index in [1.807, 2.05) is 0 Å². The highest BCUT2D eigenvalue weighted by molar-refractivity contribution is 5.33. The van der Waals surface area contributed by atoms with E-state index in [0.29, 0.717) is 19.0 Å². The fourth-order valence-electron chi connectivity index (χ4n) is 2.10. The van der Waals surface area contributed by atoms with Gasteiger partial charge in [-0.15, -0.1) is 0 Å². The molecule has 0 fully saturated rings. The van der Waals surface area contributed by atoms with Gasteiger partial charge in [0.25, 0.3) is 5.69 Å². The lowest BCUT2D eigenvalue weighted by molar-refractivity contribution is -0.384. The molecule has 5 N–H and O–H groups in total. The number of nitro benzene ring substituents is 1. The minimum absolute atomic E-state index is 0.0109. The van der Waals surface area contributed by atoms with E-state index in [1.165, 1.54) is 12.1 Å². The smallest absolute Gasteiger partial charge is 0.269 e. The third kappa shape index (κ3) is 5.64. The lowest BCUT2D eigenvalue weighted by Crippen LogP contribution is -2.41. The Bertz CT molecular complexity index is 408. The number of non-ortho nitro benzene ring substituents is 1. The quantitative estimate of drug-likeness (QED) is 0.465. The van der Waals surface area contributed by atoms with Gasteiger partial charge in [0.05, 0.1) is 4.92 Å². The standard InChI is InChI=1S/C14H24N4O2/c1-2-13(7-8-15)17-10-12(16)9-11-3-5-14(6-4-11)18(19)20/h3-6,12-13,17H,2,7-10,15-16H2,1H3. The maximum Gasteiger partial charge on any atom is 0.269 e. The van der Waals surface area contributed by atoms with Crippen LogP contribution in [0.5, 0.6) is 0 Å². The zero-order chi connectivity index (χ0) is 15.0. The van der Waals surface area contributed by atoms with E-state index in [1.54, 1.807) is 12.1 Å². The third-order valence-corrected chi connectivity index (χ3v) is 3.32. The average Bonchev–Trinajstić information content (AvgIpc) is 2.44. The normalized spacial score (nSPS) is 13.9. The number of nitrogens with zero attached hydrogens (tertiary/aromatic N) is 1. The molecule has 0 aromatic heterocycles. The van der Waals surface area contributed by atoms with E-state index in [4.69, 9.17) is 11.5 Å². The van der Waals surface area contributed by atoms with Gasteiger partial charge in [0.15, 0.2) is 0 Å². The Labute approximate surface area is 119 Å². The van der Waals surface area contributed by atoms with Crippen molar-refractivity contribution in [1.29, 1.82) is 0 Å². The summed E-state index contributed by atoms with van der Waals surface area (Å²) in [4.78, 5) is 10.2. The van der Waals surface area contributed by atoms with Crippen molar-refractivity contribution in [2.75, 3.05) is 13.1 Å². The second kappa shape index (κ2) is 8.63. The summed E-state index contributed by atoms with van der Waals surface area (Å²) in [5.41, 5.74) is 12.7. The predicted octanol–water partition coefficient (Wildman–Crippen LogP) is 1.18. The van der Waals surface area contributed by atoms with Crippen LogP contribution in [-0.2, 0) is 6.42 Å². The van der Waals surface area contributed by atoms with Crippen LogP contribution in [0.15, 0.2) is 24.3 Å². The van der Waals surface area contributed by atoms with Gasteiger partial charge in [-0.25, -0.2) is 0 Å². The molecule has 0 radical (unpaired) electrons. The highest BCUT2D eigenvalue weighted by atomic mass is 16.6. The summed E-state index contributed by atoms with van der Waals surface area (Å²) < 4.78 is 0. The van der Waals surface area contributed by atoms with Crippen LogP contribution >= 0.6 is 0 Å². The van der Waals surface area contributed by atoms with Gasteiger partial charge in [0.1, 0.15) is 0 Å². The Balaban J connectivity index is 2.41. The first kappa shape index (κ1) is 16.6. The van der Waals surface area contributed by atoms with E-state index in [0.717, 1.165) is 24.9 Å². The van der Waals surface area contributed by atoms with Crippen LogP contribution in [0.25, 0.3) is 0 Å². The van der Waals surface area contributed by atoms with E-state index < -0.39 is 4.92 Å². The molecule has 1 aromatic rings. The van der Waals surface area contributed by atoms with Gasteiger partial charge in [-0.2, -0.15) is 0 Å². The number of nitrogens with one attached hydrogen (secondary N) is 1. The second-order valence-corrected chi connectivity index (χ2v) is 4.98. The molecule has 0 spiro atoms. The summed E-state index contributed by atoms with van der Waals surface area (Å²) in [7, 11) is 0. The molecule has 0 aliphatic rings. The van der Waals surface area contributed by atoms with E-state index >= 15 is 0 Å². The van der Waals surface area contributed by atoms with Crippen molar-refractivity contribution in [2.45, 2.75) is 38.3 Å². The van der Waals surface area contributed by atoms with E-state index in [-0.39, 0.29) is 11.7 Å². The Morgan fingerprint density at radius 1 is 1.35 bits per heavy atom. The van der Waals surface area contributed by atoms with Crippen LogP contribution in [0.3, 0.4) is 0 Å². The Hall–Kier alpha value is -1.50. The van der Waals surface area contributed by atoms with Crippen LogP contribution in [0.1, 0.15) is 25.3 Å². The number of nitrogens with two attached hydrogens (primary N) is 2. The molecule has 1 aromatic carbocycles. The minimum Gasteiger partial charge on any atom is -0.330 e. The SMILES string of the molecule is CCC(CCN)NCC(N)Cc1ccc([N+](=O)[O-])cc1. The fourth-order valence-corrected chi connectivity index (χ4v) is 2.10. The minimum atomic E-state index is -0.399. The second-order valence-electron chi connectivity index (χ2n) is 4.98. The summed E-state index contributed by atoms with van der Waals surface area (Å²) in [5, 5.41) is 14.0. The molecule has 0 amide bonds. The maximum atomic E-state index is 10.6. The van der Waals surface area contributed by atoms with Crippen molar-refractivity contribution in [2.24, 2.45) is 11.5 Å². The molecule has 0 aliphatic heterocycles. The number of rotatable bonds is 9. The van der Waals surface area contributed by atoms with Gasteiger partial charge in [-0.3, -0.25) is 10.1 Å². The zero-order valence-electron chi connectivity index (χ0n) is 11.9. The lowest BCUT2D eigenvalue weighted by Gasteiger charge is -2.19. The van der Waals surface area contributed by atoms with Crippen molar-refractivity contribution in [3.8, 4) is 0 Å². The monoisotopic (exact) mass is 280 g/mol. The Morgan fingerprint density at radius 3 is 2.50 bits per heavy atom.